The van der Waals surface area contributed by atoms with Crippen LogP contribution in [0.15, 0.2) is 24.3 Å². The minimum absolute atomic E-state index is 0.0287. The molecule has 4 nitrogen and oxygen atoms in total. The summed E-state index contributed by atoms with van der Waals surface area (Å²) in [6.45, 7) is 6.62. The molecule has 1 aromatic carbocycles. The number of aryl methyl sites for hydroxylation is 1. The van der Waals surface area contributed by atoms with Crippen LogP contribution in [0.4, 0.5) is 4.79 Å². The van der Waals surface area contributed by atoms with Crippen LogP contribution in [0, 0.1) is 5.92 Å². The molecule has 126 valence electrons. The molecule has 1 aliphatic carbocycles. The van der Waals surface area contributed by atoms with Gasteiger partial charge in [-0.2, -0.15) is 0 Å². The standard InChI is InChI=1S/C19H29N3O/c1-15-9-13-22(14-10-15)12-4-11-20-19(23)21-18-8-7-16-5-2-3-6-17(16)18/h2-3,5-6,15,18H,4,7-14H2,1H3,(H2,20,21,23)/t18-/m0/s1. The first-order valence-electron chi connectivity index (χ1n) is 9.07. The summed E-state index contributed by atoms with van der Waals surface area (Å²) in [7, 11) is 0. The molecular weight excluding hydrogens is 286 g/mol. The number of rotatable bonds is 5. The zero-order valence-corrected chi connectivity index (χ0v) is 14.2. The summed E-state index contributed by atoms with van der Waals surface area (Å²) < 4.78 is 0. The molecule has 2 amide bonds. The van der Waals surface area contributed by atoms with Crippen LogP contribution in [0.1, 0.15) is 49.8 Å². The average molecular weight is 315 g/mol. The lowest BCUT2D eigenvalue weighted by Crippen LogP contribution is -2.39. The largest absolute Gasteiger partial charge is 0.338 e. The number of urea groups is 1. The Hall–Kier alpha value is -1.55. The molecule has 1 aliphatic heterocycles. The van der Waals surface area contributed by atoms with E-state index in [2.05, 4.69) is 46.7 Å². The lowest BCUT2D eigenvalue weighted by molar-refractivity contribution is 0.190. The second kappa shape index (κ2) is 7.82. The fourth-order valence-corrected chi connectivity index (χ4v) is 3.71. The van der Waals surface area contributed by atoms with Gasteiger partial charge in [0.25, 0.3) is 0 Å². The number of carbonyl (C=O) groups excluding carboxylic acids is 1. The second-order valence-corrected chi connectivity index (χ2v) is 7.07. The number of carbonyl (C=O) groups is 1. The summed E-state index contributed by atoms with van der Waals surface area (Å²) in [5.74, 6) is 0.879. The molecule has 23 heavy (non-hydrogen) atoms. The maximum atomic E-state index is 12.1. The minimum atomic E-state index is -0.0287. The third-order valence-electron chi connectivity index (χ3n) is 5.25. The molecule has 1 atom stereocenters. The van der Waals surface area contributed by atoms with E-state index in [0.29, 0.717) is 0 Å². The molecule has 4 heteroatoms. The van der Waals surface area contributed by atoms with E-state index in [1.807, 2.05) is 0 Å². The van der Waals surface area contributed by atoms with E-state index in [9.17, 15) is 4.79 Å². The Morgan fingerprint density at radius 3 is 2.83 bits per heavy atom. The SMILES string of the molecule is CC1CCN(CCCNC(=O)N[C@H]2CCc3ccccc32)CC1. The molecule has 0 bridgehead atoms. The first kappa shape index (κ1) is 16.3. The van der Waals surface area contributed by atoms with Crippen molar-refractivity contribution in [3.05, 3.63) is 35.4 Å². The Labute approximate surface area is 139 Å². The third-order valence-corrected chi connectivity index (χ3v) is 5.25. The second-order valence-electron chi connectivity index (χ2n) is 7.07. The van der Waals surface area contributed by atoms with Crippen molar-refractivity contribution < 1.29 is 4.79 Å². The fraction of sp³-hybridized carbons (Fsp3) is 0.632. The number of hydrogen-bond donors (Lipinski definition) is 2. The van der Waals surface area contributed by atoms with Gasteiger partial charge >= 0.3 is 6.03 Å². The first-order valence-corrected chi connectivity index (χ1v) is 9.07. The van der Waals surface area contributed by atoms with E-state index in [-0.39, 0.29) is 12.1 Å². The smallest absolute Gasteiger partial charge is 0.315 e. The summed E-state index contributed by atoms with van der Waals surface area (Å²) in [6.07, 6.45) is 5.74. The molecule has 0 spiro atoms. The van der Waals surface area contributed by atoms with Gasteiger partial charge in [0.05, 0.1) is 6.04 Å². The maximum absolute atomic E-state index is 12.1. The molecule has 1 saturated heterocycles. The molecule has 1 fully saturated rings. The van der Waals surface area contributed by atoms with E-state index in [1.54, 1.807) is 0 Å². The van der Waals surface area contributed by atoms with Crippen molar-refractivity contribution in [2.75, 3.05) is 26.2 Å². The lowest BCUT2D eigenvalue weighted by atomic mass is 9.99. The van der Waals surface area contributed by atoms with Crippen LogP contribution in [0.2, 0.25) is 0 Å². The van der Waals surface area contributed by atoms with Crippen molar-refractivity contribution in [1.29, 1.82) is 0 Å². The topological polar surface area (TPSA) is 44.4 Å². The van der Waals surface area contributed by atoms with Crippen LogP contribution in [0.25, 0.3) is 0 Å². The van der Waals surface area contributed by atoms with Crippen molar-refractivity contribution in [3.63, 3.8) is 0 Å². The maximum Gasteiger partial charge on any atom is 0.315 e. The summed E-state index contributed by atoms with van der Waals surface area (Å²) in [5, 5.41) is 6.13. The molecule has 2 aliphatic rings. The highest BCUT2D eigenvalue weighted by molar-refractivity contribution is 5.74. The van der Waals surface area contributed by atoms with Crippen LogP contribution < -0.4 is 10.6 Å². The normalized spacial score (nSPS) is 21.9. The molecule has 0 radical (unpaired) electrons. The van der Waals surface area contributed by atoms with Crippen molar-refractivity contribution in [1.82, 2.24) is 15.5 Å². The molecule has 1 aromatic rings. The third kappa shape index (κ3) is 4.47. The van der Waals surface area contributed by atoms with E-state index in [4.69, 9.17) is 0 Å². The zero-order valence-electron chi connectivity index (χ0n) is 14.2. The number of fused-ring (bicyclic) bond motifs is 1. The highest BCUT2D eigenvalue weighted by Crippen LogP contribution is 2.30. The number of hydrogen-bond acceptors (Lipinski definition) is 2. The monoisotopic (exact) mass is 315 g/mol. The van der Waals surface area contributed by atoms with Crippen LogP contribution in [-0.2, 0) is 6.42 Å². The predicted molar refractivity (Wildman–Crippen MR) is 93.5 cm³/mol. The first-order chi connectivity index (χ1) is 11.2. The Morgan fingerprint density at radius 1 is 1.22 bits per heavy atom. The molecule has 0 unspecified atom stereocenters. The Bertz CT molecular complexity index is 523. The van der Waals surface area contributed by atoms with Crippen LogP contribution in [0.5, 0.6) is 0 Å². The van der Waals surface area contributed by atoms with Crippen molar-refractivity contribution >= 4 is 6.03 Å². The average Bonchev–Trinajstić information content (AvgIpc) is 2.96. The minimum Gasteiger partial charge on any atom is -0.338 e. The Balaban J connectivity index is 1.33. The molecule has 0 saturated carbocycles. The summed E-state index contributed by atoms with van der Waals surface area (Å²) in [6, 6.07) is 8.56. The molecule has 1 heterocycles. The quantitative estimate of drug-likeness (QED) is 0.820. The van der Waals surface area contributed by atoms with Crippen LogP contribution in [-0.4, -0.2) is 37.1 Å². The highest BCUT2D eigenvalue weighted by Gasteiger charge is 2.23. The van der Waals surface area contributed by atoms with Gasteiger partial charge in [0.15, 0.2) is 0 Å². The van der Waals surface area contributed by atoms with Crippen molar-refractivity contribution in [2.24, 2.45) is 5.92 Å². The van der Waals surface area contributed by atoms with E-state index >= 15 is 0 Å². The van der Waals surface area contributed by atoms with Gasteiger partial charge in [-0.3, -0.25) is 0 Å². The van der Waals surface area contributed by atoms with Crippen molar-refractivity contribution in [3.8, 4) is 0 Å². The molecule has 2 N–H and O–H groups in total. The number of benzene rings is 1. The number of nitrogens with one attached hydrogen (secondary N) is 2. The van der Waals surface area contributed by atoms with E-state index < -0.39 is 0 Å². The summed E-state index contributed by atoms with van der Waals surface area (Å²) >= 11 is 0. The predicted octanol–water partition coefficient (Wildman–Crippen LogP) is 3.10. The van der Waals surface area contributed by atoms with Gasteiger partial charge in [-0.25, -0.2) is 4.79 Å². The van der Waals surface area contributed by atoms with E-state index in [1.165, 1.54) is 37.1 Å². The lowest BCUT2D eigenvalue weighted by Gasteiger charge is -2.30. The van der Waals surface area contributed by atoms with Gasteiger partial charge in [-0.1, -0.05) is 31.2 Å². The Morgan fingerprint density at radius 2 is 2.00 bits per heavy atom. The highest BCUT2D eigenvalue weighted by atomic mass is 16.2. The van der Waals surface area contributed by atoms with Gasteiger partial charge in [-0.05, 0) is 68.8 Å². The Kier molecular flexibility index (Phi) is 5.55. The molecule has 3 rings (SSSR count). The number of piperidine rings is 1. The van der Waals surface area contributed by atoms with Crippen molar-refractivity contribution in [2.45, 2.75) is 45.1 Å². The molecule has 0 aromatic heterocycles. The van der Waals surface area contributed by atoms with Crippen LogP contribution in [0.3, 0.4) is 0 Å². The van der Waals surface area contributed by atoms with Gasteiger partial charge in [0.2, 0.25) is 0 Å². The van der Waals surface area contributed by atoms with Crippen LogP contribution >= 0.6 is 0 Å². The number of amides is 2. The summed E-state index contributed by atoms with van der Waals surface area (Å²) in [5.41, 5.74) is 2.65. The summed E-state index contributed by atoms with van der Waals surface area (Å²) in [4.78, 5) is 14.6. The van der Waals surface area contributed by atoms with Gasteiger partial charge in [0, 0.05) is 6.54 Å². The zero-order chi connectivity index (χ0) is 16.1. The fourth-order valence-electron chi connectivity index (χ4n) is 3.71. The number of nitrogens with zero attached hydrogens (tertiary/aromatic N) is 1. The van der Waals surface area contributed by atoms with E-state index in [0.717, 1.165) is 38.3 Å². The number of likely N-dealkylation sites (tertiary alicyclic amines) is 1. The molecular formula is C19H29N3O. The van der Waals surface area contributed by atoms with Gasteiger partial charge in [0.1, 0.15) is 0 Å². The van der Waals surface area contributed by atoms with Gasteiger partial charge in [-0.15, -0.1) is 0 Å². The van der Waals surface area contributed by atoms with Gasteiger partial charge < -0.3 is 15.5 Å².